The standard InChI is InChI=1S/C16H24N2O3/c1-17-7-6-13(11-17)12-18(2)8-9-21-15-5-3-4-14(10-15)16(19)20/h3-5,10,13H,6-9,11-12H2,1-2H3,(H,19,20). The van der Waals surface area contributed by atoms with E-state index in [1.165, 1.54) is 19.5 Å². The second-order valence-electron chi connectivity index (χ2n) is 5.86. The van der Waals surface area contributed by atoms with Crippen LogP contribution >= 0.6 is 0 Å². The van der Waals surface area contributed by atoms with Gasteiger partial charge in [-0.25, -0.2) is 4.79 Å². The molecule has 1 atom stereocenters. The highest BCUT2D eigenvalue weighted by Crippen LogP contribution is 2.16. The number of carbonyl (C=O) groups is 1. The van der Waals surface area contributed by atoms with E-state index in [9.17, 15) is 4.79 Å². The molecule has 1 saturated heterocycles. The van der Waals surface area contributed by atoms with Crippen molar-refractivity contribution < 1.29 is 14.6 Å². The first-order valence-corrected chi connectivity index (χ1v) is 7.38. The maximum Gasteiger partial charge on any atom is 0.335 e. The fourth-order valence-electron chi connectivity index (χ4n) is 2.75. The predicted octanol–water partition coefficient (Wildman–Crippen LogP) is 1.65. The molecule has 1 aromatic carbocycles. The van der Waals surface area contributed by atoms with Crippen molar-refractivity contribution in [1.82, 2.24) is 9.80 Å². The topological polar surface area (TPSA) is 53.0 Å². The van der Waals surface area contributed by atoms with Crippen molar-refractivity contribution >= 4 is 5.97 Å². The Balaban J connectivity index is 1.71. The monoisotopic (exact) mass is 292 g/mol. The summed E-state index contributed by atoms with van der Waals surface area (Å²) in [5, 5.41) is 8.94. The van der Waals surface area contributed by atoms with Gasteiger partial charge < -0.3 is 19.6 Å². The molecule has 0 bridgehead atoms. The minimum atomic E-state index is -0.928. The molecule has 1 unspecified atom stereocenters. The molecule has 1 fully saturated rings. The van der Waals surface area contributed by atoms with Gasteiger partial charge in [0.25, 0.3) is 0 Å². The molecule has 1 aromatic rings. The Hall–Kier alpha value is -1.59. The molecule has 0 spiro atoms. The summed E-state index contributed by atoms with van der Waals surface area (Å²) in [6.45, 7) is 4.87. The third-order valence-electron chi connectivity index (χ3n) is 3.88. The van der Waals surface area contributed by atoms with Gasteiger partial charge in [-0.05, 0) is 51.2 Å². The molecular weight excluding hydrogens is 268 g/mol. The van der Waals surface area contributed by atoms with Gasteiger partial charge in [-0.15, -0.1) is 0 Å². The van der Waals surface area contributed by atoms with E-state index in [4.69, 9.17) is 9.84 Å². The summed E-state index contributed by atoms with van der Waals surface area (Å²) in [4.78, 5) is 15.5. The predicted molar refractivity (Wildman–Crippen MR) is 82.0 cm³/mol. The molecule has 1 aliphatic heterocycles. The molecular formula is C16H24N2O3. The van der Waals surface area contributed by atoms with Crippen LogP contribution in [0.2, 0.25) is 0 Å². The first kappa shape index (κ1) is 15.8. The van der Waals surface area contributed by atoms with Gasteiger partial charge in [0.1, 0.15) is 12.4 Å². The van der Waals surface area contributed by atoms with Crippen LogP contribution < -0.4 is 4.74 Å². The zero-order valence-corrected chi connectivity index (χ0v) is 12.8. The van der Waals surface area contributed by atoms with E-state index in [1.54, 1.807) is 24.3 Å². The van der Waals surface area contributed by atoms with Crippen molar-refractivity contribution in [2.45, 2.75) is 6.42 Å². The molecule has 0 saturated carbocycles. The lowest BCUT2D eigenvalue weighted by molar-refractivity contribution is 0.0696. The molecule has 0 aliphatic carbocycles. The Kier molecular flexibility index (Phi) is 5.59. The summed E-state index contributed by atoms with van der Waals surface area (Å²) in [5.74, 6) is 0.433. The quantitative estimate of drug-likeness (QED) is 0.828. The number of ether oxygens (including phenoxy) is 1. The number of aromatic carboxylic acids is 1. The number of hydrogen-bond acceptors (Lipinski definition) is 4. The van der Waals surface area contributed by atoms with Gasteiger partial charge >= 0.3 is 5.97 Å². The van der Waals surface area contributed by atoms with Crippen LogP contribution in [0.1, 0.15) is 16.8 Å². The molecule has 0 radical (unpaired) electrons. The van der Waals surface area contributed by atoms with Gasteiger partial charge in [0.2, 0.25) is 0 Å². The maximum atomic E-state index is 10.9. The van der Waals surface area contributed by atoms with E-state index in [0.717, 1.165) is 19.0 Å². The zero-order chi connectivity index (χ0) is 15.2. The van der Waals surface area contributed by atoms with Crippen LogP contribution in [0, 0.1) is 5.92 Å². The number of likely N-dealkylation sites (N-methyl/N-ethyl adjacent to an activating group) is 1. The van der Waals surface area contributed by atoms with E-state index in [0.29, 0.717) is 12.4 Å². The van der Waals surface area contributed by atoms with E-state index >= 15 is 0 Å². The van der Waals surface area contributed by atoms with Crippen LogP contribution in [0.3, 0.4) is 0 Å². The molecule has 5 heteroatoms. The number of likely N-dealkylation sites (tertiary alicyclic amines) is 1. The summed E-state index contributed by atoms with van der Waals surface area (Å²) in [6, 6.07) is 6.63. The average Bonchev–Trinajstić information content (AvgIpc) is 2.84. The number of carboxylic acids is 1. The average molecular weight is 292 g/mol. The van der Waals surface area contributed by atoms with Crippen LogP contribution in [0.25, 0.3) is 0 Å². The SMILES string of the molecule is CN(CCOc1cccc(C(=O)O)c1)CC1CCN(C)C1. The molecule has 1 N–H and O–H groups in total. The smallest absolute Gasteiger partial charge is 0.335 e. The van der Waals surface area contributed by atoms with E-state index < -0.39 is 5.97 Å². The largest absolute Gasteiger partial charge is 0.492 e. The van der Waals surface area contributed by atoms with E-state index in [2.05, 4.69) is 23.9 Å². The number of carboxylic acid groups (broad SMARTS) is 1. The zero-order valence-electron chi connectivity index (χ0n) is 12.8. The minimum Gasteiger partial charge on any atom is -0.492 e. The lowest BCUT2D eigenvalue weighted by Gasteiger charge is -2.21. The van der Waals surface area contributed by atoms with Gasteiger partial charge in [-0.1, -0.05) is 6.07 Å². The highest BCUT2D eigenvalue weighted by Gasteiger charge is 2.20. The molecule has 0 aromatic heterocycles. The number of rotatable bonds is 7. The highest BCUT2D eigenvalue weighted by molar-refractivity contribution is 5.87. The number of benzene rings is 1. The summed E-state index contributed by atoms with van der Waals surface area (Å²) in [5.41, 5.74) is 0.259. The number of nitrogens with zero attached hydrogens (tertiary/aromatic N) is 2. The second kappa shape index (κ2) is 7.43. The molecule has 21 heavy (non-hydrogen) atoms. The van der Waals surface area contributed by atoms with Crippen molar-refractivity contribution in [3.05, 3.63) is 29.8 Å². The molecule has 1 aliphatic rings. The van der Waals surface area contributed by atoms with Crippen molar-refractivity contribution in [2.75, 3.05) is 46.9 Å². The van der Waals surface area contributed by atoms with E-state index in [-0.39, 0.29) is 5.56 Å². The molecule has 0 amide bonds. The number of hydrogen-bond donors (Lipinski definition) is 1. The minimum absolute atomic E-state index is 0.259. The van der Waals surface area contributed by atoms with Crippen molar-refractivity contribution in [3.63, 3.8) is 0 Å². The first-order valence-electron chi connectivity index (χ1n) is 7.38. The Morgan fingerprint density at radius 1 is 1.52 bits per heavy atom. The molecule has 116 valence electrons. The van der Waals surface area contributed by atoms with Crippen LogP contribution in [0.5, 0.6) is 5.75 Å². The van der Waals surface area contributed by atoms with Crippen LogP contribution in [-0.2, 0) is 0 Å². The van der Waals surface area contributed by atoms with Crippen molar-refractivity contribution in [2.24, 2.45) is 5.92 Å². The van der Waals surface area contributed by atoms with Gasteiger partial charge in [0.15, 0.2) is 0 Å². The fraction of sp³-hybridized carbons (Fsp3) is 0.562. The first-order chi connectivity index (χ1) is 10.0. The second-order valence-corrected chi connectivity index (χ2v) is 5.86. The Bertz CT molecular complexity index is 478. The van der Waals surface area contributed by atoms with E-state index in [1.807, 2.05) is 0 Å². The van der Waals surface area contributed by atoms with Gasteiger partial charge in [-0.2, -0.15) is 0 Å². The Morgan fingerprint density at radius 3 is 3.00 bits per heavy atom. The Morgan fingerprint density at radius 2 is 2.33 bits per heavy atom. The van der Waals surface area contributed by atoms with Crippen LogP contribution in [0.15, 0.2) is 24.3 Å². The van der Waals surface area contributed by atoms with Crippen LogP contribution in [0.4, 0.5) is 0 Å². The summed E-state index contributed by atoms with van der Waals surface area (Å²) >= 11 is 0. The van der Waals surface area contributed by atoms with Crippen LogP contribution in [-0.4, -0.2) is 67.8 Å². The lowest BCUT2D eigenvalue weighted by Crippen LogP contribution is -2.30. The lowest BCUT2D eigenvalue weighted by atomic mass is 10.1. The molecule has 2 rings (SSSR count). The maximum absolute atomic E-state index is 10.9. The summed E-state index contributed by atoms with van der Waals surface area (Å²) < 4.78 is 5.64. The fourth-order valence-corrected chi connectivity index (χ4v) is 2.75. The highest BCUT2D eigenvalue weighted by atomic mass is 16.5. The van der Waals surface area contributed by atoms with Gasteiger partial charge in [0, 0.05) is 19.6 Å². The third kappa shape index (κ3) is 5.02. The van der Waals surface area contributed by atoms with Gasteiger partial charge in [-0.3, -0.25) is 0 Å². The summed E-state index contributed by atoms with van der Waals surface area (Å²) in [7, 11) is 4.27. The third-order valence-corrected chi connectivity index (χ3v) is 3.88. The molecule has 5 nitrogen and oxygen atoms in total. The van der Waals surface area contributed by atoms with Crippen molar-refractivity contribution in [1.29, 1.82) is 0 Å². The van der Waals surface area contributed by atoms with Crippen molar-refractivity contribution in [3.8, 4) is 5.75 Å². The normalized spacial score (nSPS) is 19.1. The Labute approximate surface area is 126 Å². The van der Waals surface area contributed by atoms with Gasteiger partial charge in [0.05, 0.1) is 5.56 Å². The summed E-state index contributed by atoms with van der Waals surface area (Å²) in [6.07, 6.45) is 1.27. The molecule has 1 heterocycles.